The van der Waals surface area contributed by atoms with Crippen molar-refractivity contribution < 1.29 is 14.3 Å². The van der Waals surface area contributed by atoms with Gasteiger partial charge in [-0.15, -0.1) is 0 Å². The summed E-state index contributed by atoms with van der Waals surface area (Å²) in [4.78, 5) is 24.3. The van der Waals surface area contributed by atoms with Crippen LogP contribution in [0.25, 0.3) is 0 Å². The monoisotopic (exact) mass is 326 g/mol. The van der Waals surface area contributed by atoms with E-state index in [-0.39, 0.29) is 18.1 Å². The van der Waals surface area contributed by atoms with E-state index in [0.717, 1.165) is 15.7 Å². The number of nitrogens with zero attached hydrogens (tertiary/aromatic N) is 1. The first-order valence-electron chi connectivity index (χ1n) is 5.96. The molecule has 19 heavy (non-hydrogen) atoms. The van der Waals surface area contributed by atoms with E-state index in [9.17, 15) is 9.59 Å². The van der Waals surface area contributed by atoms with Gasteiger partial charge in [-0.3, -0.25) is 9.69 Å². The molecule has 2 amide bonds. The highest BCUT2D eigenvalue weighted by Crippen LogP contribution is 2.27. The molecule has 102 valence electrons. The summed E-state index contributed by atoms with van der Waals surface area (Å²) in [5.41, 5.74) is 1.82. The van der Waals surface area contributed by atoms with Crippen LogP contribution in [0.4, 0.5) is 10.5 Å². The van der Waals surface area contributed by atoms with Crippen molar-refractivity contribution >= 4 is 33.6 Å². The Morgan fingerprint density at radius 1 is 1.58 bits per heavy atom. The number of halogens is 1. The zero-order valence-electron chi connectivity index (χ0n) is 10.8. The van der Waals surface area contributed by atoms with Gasteiger partial charge < -0.3 is 10.1 Å². The van der Waals surface area contributed by atoms with E-state index in [2.05, 4.69) is 21.2 Å². The number of hydrogen-bond acceptors (Lipinski definition) is 3. The quantitative estimate of drug-likeness (QED) is 0.926. The molecule has 0 aliphatic carbocycles. The van der Waals surface area contributed by atoms with Gasteiger partial charge in [0.25, 0.3) is 0 Å². The molecule has 0 spiro atoms. The van der Waals surface area contributed by atoms with Crippen LogP contribution in [0.3, 0.4) is 0 Å². The van der Waals surface area contributed by atoms with Crippen molar-refractivity contribution in [2.75, 3.05) is 18.0 Å². The van der Waals surface area contributed by atoms with E-state index >= 15 is 0 Å². The third kappa shape index (κ3) is 3.26. The molecule has 1 atom stereocenters. The van der Waals surface area contributed by atoms with Gasteiger partial charge in [-0.2, -0.15) is 0 Å². The Kier molecular flexibility index (Phi) is 4.09. The van der Waals surface area contributed by atoms with Crippen LogP contribution < -0.4 is 10.2 Å². The smallest absolute Gasteiger partial charge is 0.414 e. The Balaban J connectivity index is 2.09. The second-order valence-electron chi connectivity index (χ2n) is 4.48. The van der Waals surface area contributed by atoms with Crippen molar-refractivity contribution in [2.24, 2.45) is 0 Å². The van der Waals surface area contributed by atoms with Gasteiger partial charge in [0.1, 0.15) is 6.10 Å². The second kappa shape index (κ2) is 5.61. The Labute approximate surface area is 120 Å². The maximum Gasteiger partial charge on any atom is 0.414 e. The van der Waals surface area contributed by atoms with Gasteiger partial charge in [-0.25, -0.2) is 4.79 Å². The minimum absolute atomic E-state index is 0.130. The molecule has 0 unspecified atom stereocenters. The molecule has 0 aromatic heterocycles. The topological polar surface area (TPSA) is 58.6 Å². The molecule has 1 aliphatic heterocycles. The predicted octanol–water partition coefficient (Wildman–Crippen LogP) is 2.22. The van der Waals surface area contributed by atoms with Gasteiger partial charge in [-0.1, -0.05) is 15.9 Å². The fourth-order valence-electron chi connectivity index (χ4n) is 2.00. The number of amides is 2. The first kappa shape index (κ1) is 13.9. The van der Waals surface area contributed by atoms with Crippen molar-refractivity contribution in [1.82, 2.24) is 5.32 Å². The molecule has 1 aromatic rings. The molecule has 0 bridgehead atoms. The lowest BCUT2D eigenvalue weighted by Crippen LogP contribution is -2.33. The Bertz CT molecular complexity index is 519. The van der Waals surface area contributed by atoms with Crippen molar-refractivity contribution in [3.05, 3.63) is 28.2 Å². The summed E-state index contributed by atoms with van der Waals surface area (Å²) >= 11 is 3.39. The molecule has 0 radical (unpaired) electrons. The Hall–Kier alpha value is -1.56. The van der Waals surface area contributed by atoms with Crippen molar-refractivity contribution in [3.8, 4) is 0 Å². The second-order valence-corrected chi connectivity index (χ2v) is 5.40. The Morgan fingerprint density at radius 2 is 2.32 bits per heavy atom. The molecule has 1 saturated heterocycles. The lowest BCUT2D eigenvalue weighted by molar-refractivity contribution is -0.119. The summed E-state index contributed by atoms with van der Waals surface area (Å²) in [6.45, 7) is 4.16. The highest BCUT2D eigenvalue weighted by Gasteiger charge is 2.32. The number of aryl methyl sites for hydroxylation is 1. The zero-order valence-corrected chi connectivity index (χ0v) is 12.4. The first-order valence-corrected chi connectivity index (χ1v) is 6.75. The third-order valence-electron chi connectivity index (χ3n) is 2.90. The molecule has 5 nitrogen and oxygen atoms in total. The lowest BCUT2D eigenvalue weighted by Gasteiger charge is -2.16. The highest BCUT2D eigenvalue weighted by molar-refractivity contribution is 9.10. The summed E-state index contributed by atoms with van der Waals surface area (Å²) in [6, 6.07) is 5.71. The molecule has 1 heterocycles. The van der Waals surface area contributed by atoms with Gasteiger partial charge >= 0.3 is 6.09 Å². The summed E-state index contributed by atoms with van der Waals surface area (Å²) in [5.74, 6) is -0.130. The van der Waals surface area contributed by atoms with Crippen LogP contribution in [0.2, 0.25) is 0 Å². The van der Waals surface area contributed by atoms with Crippen LogP contribution in [-0.2, 0) is 9.53 Å². The van der Waals surface area contributed by atoms with Crippen LogP contribution in [0.1, 0.15) is 12.5 Å². The van der Waals surface area contributed by atoms with Crippen LogP contribution in [-0.4, -0.2) is 31.2 Å². The molecule has 1 fully saturated rings. The van der Waals surface area contributed by atoms with Crippen LogP contribution in [0, 0.1) is 6.92 Å². The number of carbonyl (C=O) groups is 2. The number of nitrogens with one attached hydrogen (secondary N) is 1. The Morgan fingerprint density at radius 3 is 2.95 bits per heavy atom. The molecule has 1 N–H and O–H groups in total. The lowest BCUT2D eigenvalue weighted by atomic mass is 10.2. The van der Waals surface area contributed by atoms with E-state index < -0.39 is 0 Å². The van der Waals surface area contributed by atoms with Crippen LogP contribution in [0.15, 0.2) is 22.7 Å². The molecule has 1 aromatic carbocycles. The van der Waals surface area contributed by atoms with Crippen molar-refractivity contribution in [1.29, 1.82) is 0 Å². The molecule has 0 saturated carbocycles. The normalized spacial score (nSPS) is 18.4. The molecular weight excluding hydrogens is 312 g/mol. The predicted molar refractivity (Wildman–Crippen MR) is 75.2 cm³/mol. The molecule has 1 aliphatic rings. The number of carbonyl (C=O) groups excluding carboxylic acids is 2. The number of anilines is 1. The van der Waals surface area contributed by atoms with Gasteiger partial charge in [0.15, 0.2) is 0 Å². The van der Waals surface area contributed by atoms with Gasteiger partial charge in [0.2, 0.25) is 5.91 Å². The van der Waals surface area contributed by atoms with Crippen molar-refractivity contribution in [2.45, 2.75) is 20.0 Å². The zero-order chi connectivity index (χ0) is 14.0. The number of ether oxygens (including phenoxy) is 1. The molecule has 6 heteroatoms. The van der Waals surface area contributed by atoms with E-state index in [1.54, 1.807) is 4.90 Å². The average molecular weight is 327 g/mol. The van der Waals surface area contributed by atoms with Gasteiger partial charge in [0, 0.05) is 11.4 Å². The number of benzene rings is 1. The maximum absolute atomic E-state index is 11.8. The summed E-state index contributed by atoms with van der Waals surface area (Å²) in [6.07, 6.45) is -0.680. The average Bonchev–Trinajstić information content (AvgIpc) is 2.68. The summed E-state index contributed by atoms with van der Waals surface area (Å²) in [7, 11) is 0. The van der Waals surface area contributed by atoms with E-state index in [4.69, 9.17) is 4.74 Å². The SMILES string of the molecule is CC(=O)NC[C@H]1CN(c2ccc(Br)cc2C)C(=O)O1. The fourth-order valence-corrected chi connectivity index (χ4v) is 2.48. The first-order chi connectivity index (χ1) is 8.97. The van der Waals surface area contributed by atoms with Crippen LogP contribution in [0.5, 0.6) is 0 Å². The number of cyclic esters (lactones) is 1. The van der Waals surface area contributed by atoms with E-state index in [1.165, 1.54) is 6.92 Å². The van der Waals surface area contributed by atoms with Crippen LogP contribution >= 0.6 is 15.9 Å². The van der Waals surface area contributed by atoms with E-state index in [0.29, 0.717) is 13.1 Å². The fraction of sp³-hybridized carbons (Fsp3) is 0.385. The molecule has 2 rings (SSSR count). The summed E-state index contributed by atoms with van der Waals surface area (Å²) in [5, 5.41) is 2.65. The third-order valence-corrected chi connectivity index (χ3v) is 3.40. The summed E-state index contributed by atoms with van der Waals surface area (Å²) < 4.78 is 6.19. The van der Waals surface area contributed by atoms with Crippen molar-refractivity contribution in [3.63, 3.8) is 0 Å². The van der Waals surface area contributed by atoms with E-state index in [1.807, 2.05) is 25.1 Å². The largest absolute Gasteiger partial charge is 0.442 e. The number of hydrogen-bond donors (Lipinski definition) is 1. The maximum atomic E-state index is 11.8. The van der Waals surface area contributed by atoms with Gasteiger partial charge in [-0.05, 0) is 30.7 Å². The highest BCUT2D eigenvalue weighted by atomic mass is 79.9. The molecular formula is C13H15BrN2O3. The standard InChI is InChI=1S/C13H15BrN2O3/c1-8-5-10(14)3-4-12(8)16-7-11(19-13(16)18)6-15-9(2)17/h3-5,11H,6-7H2,1-2H3,(H,15,17)/t11-/m0/s1. The number of rotatable bonds is 3. The minimum atomic E-state index is -0.374. The van der Waals surface area contributed by atoms with Gasteiger partial charge in [0.05, 0.1) is 18.8 Å². The minimum Gasteiger partial charge on any atom is -0.442 e.